The summed E-state index contributed by atoms with van der Waals surface area (Å²) in [6, 6.07) is 13.0. The van der Waals surface area contributed by atoms with Crippen molar-refractivity contribution in [1.82, 2.24) is 24.5 Å². The molecular weight excluding hydrogens is 446 g/mol. The molecule has 5 rings (SSSR count). The van der Waals surface area contributed by atoms with E-state index in [1.54, 1.807) is 0 Å². The van der Waals surface area contributed by atoms with E-state index in [4.69, 9.17) is 9.97 Å². The van der Waals surface area contributed by atoms with Gasteiger partial charge in [-0.25, -0.2) is 14.8 Å². The zero-order valence-electron chi connectivity index (χ0n) is 19.8. The van der Waals surface area contributed by atoms with Gasteiger partial charge in [0.2, 0.25) is 0 Å². The van der Waals surface area contributed by atoms with Crippen molar-refractivity contribution in [3.05, 3.63) is 80.3 Å². The molecule has 0 bridgehead atoms. The van der Waals surface area contributed by atoms with Gasteiger partial charge in [0.25, 0.3) is 5.56 Å². The molecule has 2 atom stereocenters. The number of hydrogen-bond donors (Lipinski definition) is 2. The van der Waals surface area contributed by atoms with Crippen molar-refractivity contribution in [3.63, 3.8) is 0 Å². The first kappa shape index (κ1) is 22.9. The third-order valence-electron chi connectivity index (χ3n) is 6.31. The van der Waals surface area contributed by atoms with Gasteiger partial charge in [0.15, 0.2) is 11.2 Å². The van der Waals surface area contributed by atoms with E-state index in [-0.39, 0.29) is 23.7 Å². The summed E-state index contributed by atoms with van der Waals surface area (Å²) in [4.78, 5) is 35.7. The normalized spacial score (nSPS) is 17.5. The fourth-order valence-corrected chi connectivity index (χ4v) is 4.55. The van der Waals surface area contributed by atoms with Gasteiger partial charge in [-0.15, -0.1) is 0 Å². The summed E-state index contributed by atoms with van der Waals surface area (Å²) >= 11 is 0. The Morgan fingerprint density at radius 2 is 1.86 bits per heavy atom. The number of nitrogens with one attached hydrogen (secondary N) is 1. The van der Waals surface area contributed by atoms with Crippen molar-refractivity contribution < 1.29 is 5.11 Å². The molecule has 2 N–H and O–H groups in total. The van der Waals surface area contributed by atoms with Crippen molar-refractivity contribution in [3.8, 4) is 0 Å². The summed E-state index contributed by atoms with van der Waals surface area (Å²) in [5.74, 6) is 0.156. The molecule has 0 saturated carbocycles. The molecule has 1 aliphatic heterocycles. The van der Waals surface area contributed by atoms with Crippen LogP contribution >= 0.6 is 0 Å². The van der Waals surface area contributed by atoms with Crippen LogP contribution in [0.4, 0.5) is 0 Å². The molecule has 0 spiro atoms. The molecule has 0 saturated heterocycles. The van der Waals surface area contributed by atoms with Crippen molar-refractivity contribution in [1.29, 1.82) is 0 Å². The van der Waals surface area contributed by atoms with Gasteiger partial charge in [0, 0.05) is 20.0 Å². The number of rotatable bonds is 6. The number of hydrogen-bond acceptors (Lipinski definition) is 8. The van der Waals surface area contributed by atoms with E-state index in [9.17, 15) is 14.7 Å². The Bertz CT molecular complexity index is 1570. The number of aliphatic hydroxyl groups is 1. The van der Waals surface area contributed by atoms with Gasteiger partial charge < -0.3 is 5.11 Å². The first-order chi connectivity index (χ1) is 16.9. The molecule has 3 heterocycles. The van der Waals surface area contributed by atoms with Crippen LogP contribution in [-0.2, 0) is 20.0 Å². The first-order valence-corrected chi connectivity index (χ1v) is 11.6. The van der Waals surface area contributed by atoms with Gasteiger partial charge in [0.1, 0.15) is 6.04 Å². The molecule has 35 heavy (non-hydrogen) atoms. The number of aliphatic hydroxyl groups excluding tert-OH is 1. The minimum atomic E-state index is -0.614. The van der Waals surface area contributed by atoms with Gasteiger partial charge in [0.05, 0.1) is 24.0 Å². The Balaban J connectivity index is 1.79. The van der Waals surface area contributed by atoms with Crippen molar-refractivity contribution in [2.45, 2.75) is 38.9 Å². The number of aromatic nitrogens is 4. The lowest BCUT2D eigenvalue weighted by molar-refractivity contribution is 0.239. The van der Waals surface area contributed by atoms with Crippen LogP contribution in [0, 0.1) is 5.92 Å². The Kier molecular flexibility index (Phi) is 5.89. The summed E-state index contributed by atoms with van der Waals surface area (Å²) in [6.07, 6.45) is 0.412. The topological polar surface area (TPSA) is 127 Å². The molecule has 10 nitrogen and oxygen atoms in total. The predicted molar refractivity (Wildman–Crippen MR) is 132 cm³/mol. The zero-order valence-corrected chi connectivity index (χ0v) is 19.8. The Morgan fingerprint density at radius 1 is 1.09 bits per heavy atom. The van der Waals surface area contributed by atoms with E-state index >= 15 is 0 Å². The molecule has 2 aromatic heterocycles. The van der Waals surface area contributed by atoms with Crippen LogP contribution in [0.2, 0.25) is 0 Å². The van der Waals surface area contributed by atoms with Crippen molar-refractivity contribution in [2.24, 2.45) is 23.3 Å². The molecule has 0 amide bonds. The van der Waals surface area contributed by atoms with Crippen LogP contribution in [0.3, 0.4) is 0 Å². The van der Waals surface area contributed by atoms with E-state index in [0.29, 0.717) is 24.4 Å². The molecule has 2 unspecified atom stereocenters. The fraction of sp³-hybridized carbons (Fsp3) is 0.360. The average Bonchev–Trinajstić information content (AvgIpc) is 3.34. The number of nitrogens with zero attached hydrogens (tertiary/aromatic N) is 6. The molecule has 180 valence electrons. The van der Waals surface area contributed by atoms with Gasteiger partial charge in [-0.1, -0.05) is 61.5 Å². The van der Waals surface area contributed by atoms with Crippen LogP contribution in [0.5, 0.6) is 0 Å². The summed E-state index contributed by atoms with van der Waals surface area (Å²) < 4.78 is 2.58. The first-order valence-electron chi connectivity index (χ1n) is 11.6. The maximum absolute atomic E-state index is 13.1. The lowest BCUT2D eigenvalue weighted by Gasteiger charge is -2.19. The molecule has 10 heteroatoms. The minimum absolute atomic E-state index is 0.100. The predicted octanol–water partition coefficient (Wildman–Crippen LogP) is 2.26. The highest BCUT2D eigenvalue weighted by Crippen LogP contribution is 2.30. The molecule has 2 aromatic carbocycles. The fourth-order valence-electron chi connectivity index (χ4n) is 4.55. The zero-order chi connectivity index (χ0) is 24.7. The highest BCUT2D eigenvalue weighted by Gasteiger charge is 2.32. The Morgan fingerprint density at radius 3 is 2.63 bits per heavy atom. The molecular formula is C25H27N7O3. The van der Waals surface area contributed by atoms with Crippen LogP contribution in [0.15, 0.2) is 62.4 Å². The quantitative estimate of drug-likeness (QED) is 0.442. The Labute approximate surface area is 201 Å². The molecule has 4 aromatic rings. The summed E-state index contributed by atoms with van der Waals surface area (Å²) in [5, 5.41) is 20.2. The lowest BCUT2D eigenvalue weighted by Crippen LogP contribution is -2.40. The number of benzene rings is 2. The minimum Gasteiger partial charge on any atom is -0.394 e. The second-order valence-electron chi connectivity index (χ2n) is 9.27. The maximum atomic E-state index is 13.1. The van der Waals surface area contributed by atoms with E-state index in [1.807, 2.05) is 50.2 Å². The van der Waals surface area contributed by atoms with Crippen LogP contribution in [0.1, 0.15) is 36.8 Å². The molecule has 1 aliphatic rings. The van der Waals surface area contributed by atoms with E-state index in [1.165, 1.54) is 11.6 Å². The third-order valence-corrected chi connectivity index (χ3v) is 6.31. The van der Waals surface area contributed by atoms with Crippen LogP contribution < -0.4 is 16.7 Å². The van der Waals surface area contributed by atoms with Crippen molar-refractivity contribution in [2.75, 3.05) is 6.61 Å². The monoisotopic (exact) mass is 473 g/mol. The largest absolute Gasteiger partial charge is 0.394 e. The highest BCUT2D eigenvalue weighted by atomic mass is 16.3. The summed E-state index contributed by atoms with van der Waals surface area (Å²) in [5.41, 5.74) is 4.30. The van der Waals surface area contributed by atoms with Crippen molar-refractivity contribution >= 4 is 21.9 Å². The van der Waals surface area contributed by atoms with E-state index < -0.39 is 23.3 Å². The summed E-state index contributed by atoms with van der Waals surface area (Å²) in [6.45, 7) is 4.18. The van der Waals surface area contributed by atoms with E-state index in [2.05, 4.69) is 21.8 Å². The SMILES string of the molecule is CC(C)Cn1c(=O)n(C)c(=O)c2nc(C3N=NNC3CO)c(Cc3cccc4ccccc34)nc21. The van der Waals surface area contributed by atoms with Crippen LogP contribution in [0.25, 0.3) is 21.9 Å². The average molecular weight is 474 g/mol. The van der Waals surface area contributed by atoms with Gasteiger partial charge in [-0.2, -0.15) is 5.11 Å². The number of fused-ring (bicyclic) bond motifs is 2. The molecule has 0 aliphatic carbocycles. The Hall–Kier alpha value is -3.92. The standard InChI is InChI=1S/C25H27N7O3/c1-14(2)12-32-23-22(24(34)31(3)25(32)35)27-20(21-19(13-33)28-30-29-21)18(26-23)11-16-9-6-8-15-7-4-5-10-17(15)16/h4-10,14,19,21,33H,11-13H2,1-3H3,(H,28,29). The second kappa shape index (κ2) is 9.03. The lowest BCUT2D eigenvalue weighted by atomic mass is 9.97. The van der Waals surface area contributed by atoms with Crippen LogP contribution in [-0.4, -0.2) is 36.9 Å². The molecule has 0 fully saturated rings. The summed E-state index contributed by atoms with van der Waals surface area (Å²) in [7, 11) is 1.44. The molecule has 0 radical (unpaired) electrons. The maximum Gasteiger partial charge on any atom is 0.332 e. The highest BCUT2D eigenvalue weighted by molar-refractivity contribution is 5.86. The second-order valence-corrected chi connectivity index (χ2v) is 9.27. The van der Waals surface area contributed by atoms with Gasteiger partial charge in [-0.3, -0.25) is 19.4 Å². The van der Waals surface area contributed by atoms with Gasteiger partial charge in [-0.05, 0) is 22.3 Å². The smallest absolute Gasteiger partial charge is 0.332 e. The third kappa shape index (κ3) is 3.99. The van der Waals surface area contributed by atoms with E-state index in [0.717, 1.165) is 20.9 Å². The van der Waals surface area contributed by atoms with Gasteiger partial charge >= 0.3 is 5.69 Å².